The number of methoxy groups -OCH3 is 1. The highest BCUT2D eigenvalue weighted by molar-refractivity contribution is 7.80. The summed E-state index contributed by atoms with van der Waals surface area (Å²) in [6.07, 6.45) is 3.40. The molecule has 1 aromatic heterocycles. The lowest BCUT2D eigenvalue weighted by Crippen LogP contribution is -2.19. The first-order valence-electron chi connectivity index (χ1n) is 7.62. The first kappa shape index (κ1) is 16.9. The minimum Gasteiger partial charge on any atom is -0.495 e. The zero-order valence-corrected chi connectivity index (χ0v) is 14.4. The Labute approximate surface area is 150 Å². The quantitative estimate of drug-likeness (QED) is 0.680. The molecule has 0 aliphatic carbocycles. The number of para-hydroxylation sites is 2. The Morgan fingerprint density at radius 1 is 1.16 bits per heavy atom. The molecule has 3 aromatic rings. The predicted octanol–water partition coefficient (Wildman–Crippen LogP) is 3.89. The van der Waals surface area contributed by atoms with Gasteiger partial charge >= 0.3 is 0 Å². The molecule has 1 heterocycles. The Bertz CT molecular complexity index is 881. The summed E-state index contributed by atoms with van der Waals surface area (Å²) in [4.78, 5) is 0. The summed E-state index contributed by atoms with van der Waals surface area (Å²) in [6, 6.07) is 14.1. The molecule has 2 N–H and O–H groups in total. The molecule has 128 valence electrons. The average Bonchev–Trinajstić information content (AvgIpc) is 3.04. The molecule has 0 radical (unpaired) electrons. The van der Waals surface area contributed by atoms with Gasteiger partial charge < -0.3 is 15.4 Å². The van der Waals surface area contributed by atoms with Crippen molar-refractivity contribution in [1.82, 2.24) is 9.78 Å². The normalized spacial score (nSPS) is 10.3. The molecule has 0 spiro atoms. The Balaban J connectivity index is 1.63. The largest absolute Gasteiger partial charge is 0.495 e. The third-order valence-electron chi connectivity index (χ3n) is 3.54. The van der Waals surface area contributed by atoms with E-state index in [-0.39, 0.29) is 5.82 Å². The number of hydrogen-bond donors (Lipinski definition) is 2. The third kappa shape index (κ3) is 4.33. The number of aromatic nitrogens is 2. The second-order valence-corrected chi connectivity index (χ2v) is 5.71. The molecule has 3 rings (SSSR count). The van der Waals surface area contributed by atoms with Gasteiger partial charge in [-0.1, -0.05) is 30.3 Å². The summed E-state index contributed by atoms with van der Waals surface area (Å²) in [7, 11) is 1.60. The van der Waals surface area contributed by atoms with Gasteiger partial charge in [0.15, 0.2) is 5.11 Å². The number of thiocarbonyl (C=S) groups is 1. The van der Waals surface area contributed by atoms with E-state index < -0.39 is 0 Å². The van der Waals surface area contributed by atoms with E-state index in [1.165, 1.54) is 6.07 Å². The number of ether oxygens (including phenoxy) is 1. The van der Waals surface area contributed by atoms with E-state index in [4.69, 9.17) is 17.0 Å². The van der Waals surface area contributed by atoms with E-state index in [0.717, 1.165) is 5.69 Å². The van der Waals surface area contributed by atoms with E-state index in [1.54, 1.807) is 42.4 Å². The lowest BCUT2D eigenvalue weighted by molar-refractivity contribution is 0.417. The van der Waals surface area contributed by atoms with Crippen molar-refractivity contribution in [3.8, 4) is 5.75 Å². The topological polar surface area (TPSA) is 51.1 Å². The van der Waals surface area contributed by atoms with Gasteiger partial charge in [-0.15, -0.1) is 0 Å². The number of nitrogens with one attached hydrogen (secondary N) is 2. The Morgan fingerprint density at radius 3 is 2.72 bits per heavy atom. The molecule has 0 amide bonds. The fraction of sp³-hybridized carbons (Fsp3) is 0.111. The molecule has 0 saturated heterocycles. The van der Waals surface area contributed by atoms with Crippen molar-refractivity contribution in [1.29, 1.82) is 0 Å². The zero-order chi connectivity index (χ0) is 17.6. The maximum Gasteiger partial charge on any atom is 0.175 e. The number of halogens is 1. The fourth-order valence-corrected chi connectivity index (χ4v) is 2.58. The summed E-state index contributed by atoms with van der Waals surface area (Å²) < 4.78 is 20.6. The first-order chi connectivity index (χ1) is 12.2. The molecule has 0 aliphatic rings. The molecule has 5 nitrogen and oxygen atoms in total. The van der Waals surface area contributed by atoms with E-state index in [9.17, 15) is 4.39 Å². The van der Waals surface area contributed by atoms with Crippen molar-refractivity contribution in [3.05, 3.63) is 72.3 Å². The molecule has 0 saturated carbocycles. The second-order valence-electron chi connectivity index (χ2n) is 5.30. The van der Waals surface area contributed by atoms with Gasteiger partial charge in [-0.25, -0.2) is 4.39 Å². The van der Waals surface area contributed by atoms with Crippen LogP contribution in [0, 0.1) is 5.82 Å². The molecule has 0 atom stereocenters. The van der Waals surface area contributed by atoms with Gasteiger partial charge in [0.2, 0.25) is 0 Å². The lowest BCUT2D eigenvalue weighted by Gasteiger charge is -2.12. The minimum atomic E-state index is -0.249. The van der Waals surface area contributed by atoms with Gasteiger partial charge in [0.1, 0.15) is 11.6 Å². The molecule has 2 aromatic carbocycles. The molecule has 0 fully saturated rings. The highest BCUT2D eigenvalue weighted by Crippen LogP contribution is 2.23. The molecule has 0 unspecified atom stereocenters. The van der Waals surface area contributed by atoms with Crippen LogP contribution in [0.15, 0.2) is 60.9 Å². The van der Waals surface area contributed by atoms with Crippen molar-refractivity contribution in [2.75, 3.05) is 17.7 Å². The van der Waals surface area contributed by atoms with Gasteiger partial charge in [-0.05, 0) is 30.4 Å². The number of anilines is 2. The summed E-state index contributed by atoms with van der Waals surface area (Å²) in [6.45, 7) is 0.348. The molecule has 25 heavy (non-hydrogen) atoms. The SMILES string of the molecule is COc1ccccc1NC(=S)Nc1cnn(Cc2ccccc2F)c1. The number of nitrogens with zero attached hydrogens (tertiary/aromatic N) is 2. The monoisotopic (exact) mass is 356 g/mol. The van der Waals surface area contributed by atoms with E-state index in [2.05, 4.69) is 15.7 Å². The highest BCUT2D eigenvalue weighted by Gasteiger charge is 2.07. The van der Waals surface area contributed by atoms with Crippen LogP contribution in [0.5, 0.6) is 5.75 Å². The summed E-state index contributed by atoms with van der Waals surface area (Å²) in [5, 5.41) is 10.8. The van der Waals surface area contributed by atoms with Crippen LogP contribution in [-0.2, 0) is 6.54 Å². The fourth-order valence-electron chi connectivity index (χ4n) is 2.35. The van der Waals surface area contributed by atoms with Crippen LogP contribution in [0.2, 0.25) is 0 Å². The van der Waals surface area contributed by atoms with E-state index in [0.29, 0.717) is 28.7 Å². The van der Waals surface area contributed by atoms with Gasteiger partial charge in [0.05, 0.1) is 31.2 Å². The van der Waals surface area contributed by atoms with E-state index in [1.807, 2.05) is 24.3 Å². The first-order valence-corrected chi connectivity index (χ1v) is 8.03. The Morgan fingerprint density at radius 2 is 1.92 bits per heavy atom. The summed E-state index contributed by atoms with van der Waals surface area (Å²) in [5.41, 5.74) is 2.05. The van der Waals surface area contributed by atoms with Crippen LogP contribution >= 0.6 is 12.2 Å². The molecular weight excluding hydrogens is 339 g/mol. The highest BCUT2D eigenvalue weighted by atomic mass is 32.1. The van der Waals surface area contributed by atoms with Crippen molar-refractivity contribution in [2.24, 2.45) is 0 Å². The third-order valence-corrected chi connectivity index (χ3v) is 3.74. The van der Waals surface area contributed by atoms with Crippen LogP contribution in [0.4, 0.5) is 15.8 Å². The van der Waals surface area contributed by atoms with Gasteiger partial charge in [0, 0.05) is 11.8 Å². The van der Waals surface area contributed by atoms with Crippen LogP contribution in [0.3, 0.4) is 0 Å². The number of benzene rings is 2. The molecule has 7 heteroatoms. The maximum absolute atomic E-state index is 13.7. The van der Waals surface area contributed by atoms with Crippen LogP contribution in [0.1, 0.15) is 5.56 Å². The van der Waals surface area contributed by atoms with Crippen molar-refractivity contribution in [2.45, 2.75) is 6.54 Å². The smallest absolute Gasteiger partial charge is 0.175 e. The van der Waals surface area contributed by atoms with Crippen LogP contribution in [-0.4, -0.2) is 22.0 Å². The number of rotatable bonds is 5. The van der Waals surface area contributed by atoms with Crippen molar-refractivity contribution < 1.29 is 9.13 Å². The molecule has 0 bridgehead atoms. The van der Waals surface area contributed by atoms with Crippen molar-refractivity contribution in [3.63, 3.8) is 0 Å². The van der Waals surface area contributed by atoms with Gasteiger partial charge in [-0.2, -0.15) is 5.10 Å². The second kappa shape index (κ2) is 7.76. The average molecular weight is 356 g/mol. The Kier molecular flexibility index (Phi) is 5.25. The van der Waals surface area contributed by atoms with E-state index >= 15 is 0 Å². The summed E-state index contributed by atoms with van der Waals surface area (Å²) >= 11 is 5.31. The Hall–Kier alpha value is -2.93. The number of hydrogen-bond acceptors (Lipinski definition) is 3. The standard InChI is InChI=1S/C18H17FN4OS/c1-24-17-9-5-4-8-16(17)22-18(25)21-14-10-20-23(12-14)11-13-6-2-3-7-15(13)19/h2-10,12H,11H2,1H3,(H2,21,22,25). The molecular formula is C18H17FN4OS. The summed E-state index contributed by atoms with van der Waals surface area (Å²) in [5.74, 6) is 0.447. The van der Waals surface area contributed by atoms with Crippen molar-refractivity contribution >= 4 is 28.7 Å². The predicted molar refractivity (Wildman–Crippen MR) is 101 cm³/mol. The van der Waals surface area contributed by atoms with Crippen LogP contribution < -0.4 is 15.4 Å². The maximum atomic E-state index is 13.7. The zero-order valence-electron chi connectivity index (χ0n) is 13.6. The van der Waals surface area contributed by atoms with Crippen LogP contribution in [0.25, 0.3) is 0 Å². The lowest BCUT2D eigenvalue weighted by atomic mass is 10.2. The van der Waals surface area contributed by atoms with Gasteiger partial charge in [0.25, 0.3) is 0 Å². The minimum absolute atomic E-state index is 0.249. The molecule has 0 aliphatic heterocycles. The van der Waals surface area contributed by atoms with Gasteiger partial charge in [-0.3, -0.25) is 4.68 Å².